The number of aryl methyl sites for hydroxylation is 1. The Hall–Kier alpha value is -3.04. The van der Waals surface area contributed by atoms with Crippen LogP contribution in [0.4, 0.5) is 0 Å². The number of hydrogen-bond acceptors (Lipinski definition) is 7. The maximum Gasteiger partial charge on any atom is 0.241 e. The van der Waals surface area contributed by atoms with Gasteiger partial charge in [0.1, 0.15) is 0 Å². The number of rotatable bonds is 7. The van der Waals surface area contributed by atoms with Gasteiger partial charge in [0.15, 0.2) is 9.84 Å². The number of aromatic nitrogens is 2. The van der Waals surface area contributed by atoms with Crippen LogP contribution in [0.5, 0.6) is 0 Å². The molecule has 34 heavy (non-hydrogen) atoms. The molecule has 1 aliphatic rings. The highest BCUT2D eigenvalue weighted by molar-refractivity contribution is 7.90. The predicted octanol–water partition coefficient (Wildman–Crippen LogP) is 3.54. The van der Waals surface area contributed by atoms with Crippen molar-refractivity contribution in [3.05, 3.63) is 65.5 Å². The summed E-state index contributed by atoms with van der Waals surface area (Å²) in [5.41, 5.74) is 2.92. The van der Waals surface area contributed by atoms with Gasteiger partial charge in [-0.05, 0) is 57.0 Å². The first-order chi connectivity index (χ1) is 16.2. The largest absolute Gasteiger partial charge is 0.349 e. The van der Waals surface area contributed by atoms with Crippen molar-refractivity contribution >= 4 is 15.7 Å². The van der Waals surface area contributed by atoms with Crippen LogP contribution in [-0.4, -0.2) is 48.7 Å². The molecule has 2 aromatic carbocycles. The van der Waals surface area contributed by atoms with Gasteiger partial charge in [0, 0.05) is 18.4 Å². The number of carbonyl (C=O) groups is 1. The first-order valence-electron chi connectivity index (χ1n) is 11.4. The molecule has 1 amide bonds. The van der Waals surface area contributed by atoms with Crippen LogP contribution in [0.3, 0.4) is 0 Å². The summed E-state index contributed by atoms with van der Waals surface area (Å²) in [6.45, 7) is 5.92. The summed E-state index contributed by atoms with van der Waals surface area (Å²) in [5, 5.41) is 7.18. The average Bonchev–Trinajstić information content (AvgIpc) is 3.27. The number of hydrogen-bond donors (Lipinski definition) is 1. The van der Waals surface area contributed by atoms with Gasteiger partial charge in [-0.1, -0.05) is 41.1 Å². The van der Waals surface area contributed by atoms with Gasteiger partial charge in [-0.2, -0.15) is 4.98 Å². The SMILES string of the molecule is Cc1cccc(-c2noc(CN3CCCC(C(=O)NC(C)c4ccc(S(C)(=O)=O)cc4)C3)n2)c1. The summed E-state index contributed by atoms with van der Waals surface area (Å²) in [6.07, 6.45) is 2.91. The number of piperidine rings is 1. The molecule has 1 aromatic heterocycles. The summed E-state index contributed by atoms with van der Waals surface area (Å²) in [7, 11) is -3.24. The molecule has 4 rings (SSSR count). The van der Waals surface area contributed by atoms with Crippen molar-refractivity contribution in [3.63, 3.8) is 0 Å². The Bertz CT molecular complexity index is 1250. The Balaban J connectivity index is 1.34. The molecule has 180 valence electrons. The maximum atomic E-state index is 12.9. The van der Waals surface area contributed by atoms with E-state index in [9.17, 15) is 13.2 Å². The smallest absolute Gasteiger partial charge is 0.241 e. The molecule has 0 bridgehead atoms. The molecule has 9 heteroatoms. The number of likely N-dealkylation sites (tertiary alicyclic amines) is 1. The molecular formula is C25H30N4O4S. The highest BCUT2D eigenvalue weighted by atomic mass is 32.2. The number of sulfone groups is 1. The fourth-order valence-electron chi connectivity index (χ4n) is 4.24. The van der Waals surface area contributed by atoms with Crippen molar-refractivity contribution in [1.82, 2.24) is 20.4 Å². The van der Waals surface area contributed by atoms with E-state index in [1.54, 1.807) is 24.3 Å². The molecule has 0 aliphatic carbocycles. The molecule has 2 atom stereocenters. The van der Waals surface area contributed by atoms with Crippen LogP contribution in [0.2, 0.25) is 0 Å². The highest BCUT2D eigenvalue weighted by Crippen LogP contribution is 2.22. The van der Waals surface area contributed by atoms with Crippen LogP contribution in [-0.2, 0) is 21.2 Å². The Morgan fingerprint density at radius 3 is 2.71 bits per heavy atom. The van der Waals surface area contributed by atoms with Crippen LogP contribution >= 0.6 is 0 Å². The summed E-state index contributed by atoms with van der Waals surface area (Å²) in [5.74, 6) is 0.971. The number of carbonyl (C=O) groups excluding carboxylic acids is 1. The normalized spacial score (nSPS) is 17.9. The second-order valence-corrected chi connectivity index (χ2v) is 11.0. The third kappa shape index (κ3) is 5.90. The van der Waals surface area contributed by atoms with E-state index in [0.29, 0.717) is 24.8 Å². The van der Waals surface area contributed by atoms with Crippen LogP contribution in [0.1, 0.15) is 42.8 Å². The third-order valence-electron chi connectivity index (χ3n) is 6.15. The predicted molar refractivity (Wildman–Crippen MR) is 129 cm³/mol. The van der Waals surface area contributed by atoms with E-state index in [1.807, 2.05) is 38.1 Å². The number of nitrogens with zero attached hydrogens (tertiary/aromatic N) is 3. The summed E-state index contributed by atoms with van der Waals surface area (Å²) >= 11 is 0. The minimum absolute atomic E-state index is 0.00429. The highest BCUT2D eigenvalue weighted by Gasteiger charge is 2.28. The lowest BCUT2D eigenvalue weighted by atomic mass is 9.96. The van der Waals surface area contributed by atoms with Gasteiger partial charge >= 0.3 is 0 Å². The zero-order valence-corrected chi connectivity index (χ0v) is 20.5. The topological polar surface area (TPSA) is 105 Å². The number of benzene rings is 2. The van der Waals surface area contributed by atoms with E-state index >= 15 is 0 Å². The average molecular weight is 483 g/mol. The fraction of sp³-hybridized carbons (Fsp3) is 0.400. The summed E-state index contributed by atoms with van der Waals surface area (Å²) < 4.78 is 28.8. The number of amides is 1. The van der Waals surface area contributed by atoms with Crippen LogP contribution in [0, 0.1) is 12.8 Å². The molecule has 2 heterocycles. The molecule has 1 saturated heterocycles. The quantitative estimate of drug-likeness (QED) is 0.549. The second kappa shape index (κ2) is 10.1. The molecule has 1 N–H and O–H groups in total. The minimum Gasteiger partial charge on any atom is -0.349 e. The molecule has 8 nitrogen and oxygen atoms in total. The first-order valence-corrected chi connectivity index (χ1v) is 13.3. The maximum absolute atomic E-state index is 12.9. The van der Waals surface area contributed by atoms with E-state index in [2.05, 4.69) is 20.4 Å². The zero-order chi connectivity index (χ0) is 24.3. The molecule has 0 spiro atoms. The van der Waals surface area contributed by atoms with E-state index in [1.165, 1.54) is 6.26 Å². The molecule has 0 radical (unpaired) electrons. The van der Waals surface area contributed by atoms with Crippen molar-refractivity contribution in [3.8, 4) is 11.4 Å². The van der Waals surface area contributed by atoms with E-state index in [0.717, 1.165) is 36.1 Å². The van der Waals surface area contributed by atoms with Crippen LogP contribution in [0.15, 0.2) is 57.9 Å². The molecule has 1 fully saturated rings. The Kier molecular flexibility index (Phi) is 7.13. The van der Waals surface area contributed by atoms with E-state index in [4.69, 9.17) is 4.52 Å². The molecule has 3 aromatic rings. The summed E-state index contributed by atoms with van der Waals surface area (Å²) in [6, 6.07) is 14.4. The Morgan fingerprint density at radius 2 is 2.00 bits per heavy atom. The molecule has 2 unspecified atom stereocenters. The molecular weight excluding hydrogens is 452 g/mol. The standard InChI is InChI=1S/C25H30N4O4S/c1-17-6-4-7-20(14-17)24-27-23(33-28-24)16-29-13-5-8-21(15-29)25(30)26-18(2)19-9-11-22(12-10-19)34(3,31)32/h4,6-7,9-12,14,18,21H,5,8,13,15-16H2,1-3H3,(H,26,30). The van der Waals surface area contributed by atoms with Crippen LogP contribution in [0.25, 0.3) is 11.4 Å². The van der Waals surface area contributed by atoms with Crippen molar-refractivity contribution in [2.75, 3.05) is 19.3 Å². The van der Waals surface area contributed by atoms with E-state index < -0.39 is 9.84 Å². The third-order valence-corrected chi connectivity index (χ3v) is 7.28. The molecule has 0 saturated carbocycles. The second-order valence-electron chi connectivity index (χ2n) is 9.03. The van der Waals surface area contributed by atoms with Gasteiger partial charge in [0.25, 0.3) is 0 Å². The van der Waals surface area contributed by atoms with Gasteiger partial charge in [-0.3, -0.25) is 9.69 Å². The lowest BCUT2D eigenvalue weighted by molar-refractivity contribution is -0.127. The van der Waals surface area contributed by atoms with Gasteiger partial charge in [-0.15, -0.1) is 0 Å². The van der Waals surface area contributed by atoms with Crippen molar-refractivity contribution < 1.29 is 17.7 Å². The van der Waals surface area contributed by atoms with Crippen molar-refractivity contribution in [2.45, 2.75) is 44.2 Å². The van der Waals surface area contributed by atoms with Gasteiger partial charge in [-0.25, -0.2) is 8.42 Å². The van der Waals surface area contributed by atoms with Crippen LogP contribution < -0.4 is 5.32 Å². The van der Waals surface area contributed by atoms with Gasteiger partial charge in [0.2, 0.25) is 17.6 Å². The van der Waals surface area contributed by atoms with Gasteiger partial charge < -0.3 is 9.84 Å². The van der Waals surface area contributed by atoms with Crippen molar-refractivity contribution in [2.24, 2.45) is 5.92 Å². The van der Waals surface area contributed by atoms with Gasteiger partial charge in [0.05, 0.1) is 23.4 Å². The van der Waals surface area contributed by atoms with Crippen molar-refractivity contribution in [1.29, 1.82) is 0 Å². The fourth-order valence-corrected chi connectivity index (χ4v) is 4.87. The molecule has 1 aliphatic heterocycles. The lowest BCUT2D eigenvalue weighted by Crippen LogP contribution is -2.43. The monoisotopic (exact) mass is 482 g/mol. The first kappa shape index (κ1) is 24.1. The lowest BCUT2D eigenvalue weighted by Gasteiger charge is -2.31. The minimum atomic E-state index is -3.24. The number of nitrogens with one attached hydrogen (secondary N) is 1. The Labute approximate surface area is 200 Å². The van der Waals surface area contributed by atoms with E-state index in [-0.39, 0.29) is 22.8 Å². The zero-order valence-electron chi connectivity index (χ0n) is 19.7. The Morgan fingerprint density at radius 1 is 1.24 bits per heavy atom. The summed E-state index contributed by atoms with van der Waals surface area (Å²) in [4.78, 5) is 19.9.